The van der Waals surface area contributed by atoms with E-state index in [9.17, 15) is 35.1 Å². The molecule has 1 fully saturated rings. The lowest BCUT2D eigenvalue weighted by Crippen LogP contribution is -2.61. The molecule has 1 rings (SSSR count). The predicted octanol–water partition coefficient (Wildman–Crippen LogP) is 15.2. The van der Waals surface area contributed by atoms with Crippen LogP contribution >= 0.6 is 0 Å². The summed E-state index contributed by atoms with van der Waals surface area (Å²) < 4.78 is 17.6. The van der Waals surface area contributed by atoms with Crippen molar-refractivity contribution in [3.63, 3.8) is 0 Å². The van der Waals surface area contributed by atoms with E-state index in [1.807, 2.05) is 6.08 Å². The van der Waals surface area contributed by atoms with Crippen molar-refractivity contribution < 1.29 is 49.3 Å². The third-order valence-electron chi connectivity index (χ3n) is 15.0. The van der Waals surface area contributed by atoms with Gasteiger partial charge in [-0.2, -0.15) is 0 Å². The highest BCUT2D eigenvalue weighted by Crippen LogP contribution is 2.26. The number of esters is 1. The van der Waals surface area contributed by atoms with Gasteiger partial charge in [-0.3, -0.25) is 9.59 Å². The summed E-state index contributed by atoms with van der Waals surface area (Å²) in [6.45, 7) is 5.77. The molecule has 0 radical (unpaired) electrons. The Labute approximate surface area is 466 Å². The van der Waals surface area contributed by atoms with Crippen molar-refractivity contribution in [3.8, 4) is 0 Å². The van der Waals surface area contributed by atoms with Crippen molar-refractivity contribution in [2.75, 3.05) is 13.2 Å². The predicted molar refractivity (Wildman–Crippen MR) is 315 cm³/mol. The first kappa shape index (κ1) is 71.6. The van der Waals surface area contributed by atoms with Gasteiger partial charge < -0.3 is 45.1 Å². The van der Waals surface area contributed by atoms with Crippen LogP contribution in [-0.2, 0) is 23.8 Å². The summed E-state index contributed by atoms with van der Waals surface area (Å²) in [5.74, 6) is -1.21. The Kier molecular flexibility index (Phi) is 50.2. The number of aliphatic hydroxyl groups excluding tert-OH is 5. The summed E-state index contributed by atoms with van der Waals surface area (Å²) in [6.07, 6.45) is 54.3. The van der Waals surface area contributed by atoms with E-state index in [1.54, 1.807) is 6.08 Å². The van der Waals surface area contributed by atoms with Gasteiger partial charge in [0.15, 0.2) is 12.4 Å². The number of allylic oxidation sites excluding steroid dienone is 7. The van der Waals surface area contributed by atoms with Gasteiger partial charge in [0, 0.05) is 6.42 Å². The summed E-state index contributed by atoms with van der Waals surface area (Å²) in [4.78, 5) is 26.5. The number of amides is 1. The van der Waals surface area contributed by atoms with Crippen molar-refractivity contribution in [1.82, 2.24) is 5.32 Å². The van der Waals surface area contributed by atoms with Gasteiger partial charge in [-0.15, -0.1) is 0 Å². The Morgan fingerprint density at radius 1 is 0.513 bits per heavy atom. The van der Waals surface area contributed by atoms with Crippen LogP contribution in [0.15, 0.2) is 48.6 Å². The lowest BCUT2D eigenvalue weighted by molar-refractivity contribution is -0.305. The SMILES string of the molecule is CCCCC/C=C\C/C=C\C/C=C\CCCCCC(O)C(=O)NC(COC1OC(CO)C(O)C(O)C1OC(=O)CCCCCCCCCCCCCCCCCCCCC)C(O)/C=C/CCCCCCCCCCCC. The number of nitrogens with one attached hydrogen (secondary N) is 1. The summed E-state index contributed by atoms with van der Waals surface area (Å²) in [5, 5.41) is 57.0. The van der Waals surface area contributed by atoms with Crippen LogP contribution in [-0.4, -0.2) is 99.6 Å². The van der Waals surface area contributed by atoms with Gasteiger partial charge in [0.2, 0.25) is 5.91 Å². The Morgan fingerprint density at radius 3 is 1.38 bits per heavy atom. The molecule has 1 saturated heterocycles. The van der Waals surface area contributed by atoms with E-state index in [0.29, 0.717) is 12.8 Å². The average Bonchev–Trinajstić information content (AvgIpc) is 3.42. The molecule has 444 valence electrons. The van der Waals surface area contributed by atoms with Crippen LogP contribution in [0, 0.1) is 0 Å². The van der Waals surface area contributed by atoms with Crippen molar-refractivity contribution in [2.24, 2.45) is 0 Å². The molecule has 11 nitrogen and oxygen atoms in total. The van der Waals surface area contributed by atoms with Gasteiger partial charge >= 0.3 is 5.97 Å². The number of unbranched alkanes of at least 4 members (excludes halogenated alkanes) is 34. The second-order valence-corrected chi connectivity index (χ2v) is 22.1. The summed E-state index contributed by atoms with van der Waals surface area (Å²) in [7, 11) is 0. The number of rotatable bonds is 54. The first-order chi connectivity index (χ1) is 37.2. The maximum absolute atomic E-state index is 13.4. The van der Waals surface area contributed by atoms with E-state index in [4.69, 9.17) is 14.2 Å². The third kappa shape index (κ3) is 40.8. The number of carbonyl (C=O) groups excluding carboxylic acids is 2. The molecule has 0 aromatic carbocycles. The van der Waals surface area contributed by atoms with Crippen molar-refractivity contribution in [3.05, 3.63) is 48.6 Å². The van der Waals surface area contributed by atoms with Crippen molar-refractivity contribution >= 4 is 11.9 Å². The molecule has 11 heteroatoms. The third-order valence-corrected chi connectivity index (χ3v) is 15.0. The number of ether oxygens (including phenoxy) is 3. The normalized spacial score (nSPS) is 19.4. The lowest BCUT2D eigenvalue weighted by atomic mass is 9.99. The maximum atomic E-state index is 13.4. The van der Waals surface area contributed by atoms with Crippen LogP contribution in [0.25, 0.3) is 0 Å². The van der Waals surface area contributed by atoms with Gasteiger partial charge in [-0.25, -0.2) is 0 Å². The molecular weight excluding hydrogens is 955 g/mol. The van der Waals surface area contributed by atoms with Gasteiger partial charge in [-0.1, -0.05) is 268 Å². The Morgan fingerprint density at radius 2 is 0.908 bits per heavy atom. The van der Waals surface area contributed by atoms with Gasteiger partial charge in [-0.05, 0) is 64.2 Å². The summed E-state index contributed by atoms with van der Waals surface area (Å²) >= 11 is 0. The van der Waals surface area contributed by atoms with Crippen LogP contribution in [0.4, 0.5) is 0 Å². The molecule has 0 saturated carbocycles. The standard InChI is InChI=1S/C65H119NO10/c1-4-7-10-13-16-19-22-25-27-29-30-31-33-35-38-41-44-47-50-53-60(70)76-63-62(72)61(71)59(54-67)75-65(63)74-55-56(57(68)51-48-45-42-39-36-24-21-18-15-12-9-6-3)66-64(73)58(69)52-49-46-43-40-37-34-32-28-26-23-20-17-14-11-8-5-2/h17,20,26,28,34,37,48,51,56-59,61-63,65,67-69,71-72H,4-16,18-19,21-25,27,29-33,35-36,38-47,49-50,52-55H2,1-3H3,(H,66,73)/b20-17-,28-26-,37-34-,51-48+. The zero-order chi connectivity index (χ0) is 55.4. The summed E-state index contributed by atoms with van der Waals surface area (Å²) in [6, 6.07) is -1.03. The van der Waals surface area contributed by atoms with Gasteiger partial charge in [0.05, 0.1) is 25.4 Å². The number of carbonyl (C=O) groups is 2. The molecule has 0 bridgehead atoms. The zero-order valence-corrected chi connectivity index (χ0v) is 49.1. The summed E-state index contributed by atoms with van der Waals surface area (Å²) in [5.41, 5.74) is 0. The molecule has 1 heterocycles. The molecule has 1 aliphatic rings. The van der Waals surface area contributed by atoms with E-state index in [1.165, 1.54) is 167 Å². The molecular formula is C65H119NO10. The number of aliphatic hydroxyl groups is 5. The molecule has 0 aliphatic carbocycles. The minimum Gasteiger partial charge on any atom is -0.454 e. The molecule has 0 aromatic heterocycles. The van der Waals surface area contributed by atoms with Crippen LogP contribution in [0.2, 0.25) is 0 Å². The van der Waals surface area contributed by atoms with E-state index in [2.05, 4.69) is 62.5 Å². The largest absolute Gasteiger partial charge is 0.454 e. The number of hydrogen-bond acceptors (Lipinski definition) is 10. The Hall–Kier alpha value is -2.38. The molecule has 0 spiro atoms. The fourth-order valence-electron chi connectivity index (χ4n) is 9.89. The van der Waals surface area contributed by atoms with E-state index < -0.39 is 67.4 Å². The van der Waals surface area contributed by atoms with Crippen molar-refractivity contribution in [1.29, 1.82) is 0 Å². The number of hydrogen-bond donors (Lipinski definition) is 6. The second kappa shape index (κ2) is 53.3. The molecule has 1 amide bonds. The fraction of sp³-hybridized carbons (Fsp3) is 0.846. The molecule has 1 aliphatic heterocycles. The van der Waals surface area contributed by atoms with E-state index >= 15 is 0 Å². The first-order valence-electron chi connectivity index (χ1n) is 31.9. The highest BCUT2D eigenvalue weighted by atomic mass is 16.7. The zero-order valence-electron chi connectivity index (χ0n) is 49.1. The van der Waals surface area contributed by atoms with Crippen LogP contribution in [0.5, 0.6) is 0 Å². The highest BCUT2D eigenvalue weighted by molar-refractivity contribution is 5.80. The Balaban J connectivity index is 2.67. The Bertz CT molecular complexity index is 1420. The fourth-order valence-corrected chi connectivity index (χ4v) is 9.89. The van der Waals surface area contributed by atoms with Gasteiger partial charge in [0.1, 0.15) is 24.4 Å². The van der Waals surface area contributed by atoms with Crippen LogP contribution in [0.3, 0.4) is 0 Å². The molecule has 76 heavy (non-hydrogen) atoms. The molecule has 0 aromatic rings. The average molecular weight is 1070 g/mol. The topological polar surface area (TPSA) is 175 Å². The first-order valence-corrected chi connectivity index (χ1v) is 31.9. The molecule has 8 unspecified atom stereocenters. The molecule has 6 N–H and O–H groups in total. The van der Waals surface area contributed by atoms with E-state index in [-0.39, 0.29) is 19.4 Å². The highest BCUT2D eigenvalue weighted by Gasteiger charge is 2.47. The minimum atomic E-state index is -1.62. The van der Waals surface area contributed by atoms with Crippen LogP contribution in [0.1, 0.15) is 290 Å². The van der Waals surface area contributed by atoms with Crippen LogP contribution < -0.4 is 5.32 Å². The van der Waals surface area contributed by atoms with Gasteiger partial charge in [0.25, 0.3) is 0 Å². The lowest BCUT2D eigenvalue weighted by Gasteiger charge is -2.41. The molecule has 8 atom stereocenters. The quantitative estimate of drug-likeness (QED) is 0.0195. The maximum Gasteiger partial charge on any atom is 0.306 e. The van der Waals surface area contributed by atoms with E-state index in [0.717, 1.165) is 77.0 Å². The monoisotopic (exact) mass is 1070 g/mol. The minimum absolute atomic E-state index is 0.124. The smallest absolute Gasteiger partial charge is 0.306 e. The second-order valence-electron chi connectivity index (χ2n) is 22.1. The van der Waals surface area contributed by atoms with Crippen molar-refractivity contribution in [2.45, 2.75) is 339 Å².